The molecule has 0 N–H and O–H groups in total. The Kier molecular flexibility index (Phi) is 4.43. The van der Waals surface area contributed by atoms with Gasteiger partial charge in [0, 0.05) is 35.8 Å². The van der Waals surface area contributed by atoms with Gasteiger partial charge in [0.05, 0.1) is 17.2 Å². The van der Waals surface area contributed by atoms with E-state index in [-0.39, 0.29) is 43.3 Å². The summed E-state index contributed by atoms with van der Waals surface area (Å²) >= 11 is 1.57. The first-order chi connectivity index (χ1) is 13.9. The van der Waals surface area contributed by atoms with Gasteiger partial charge in [0.2, 0.25) is 0 Å². The zero-order valence-electron chi connectivity index (χ0n) is 16.3. The molecule has 0 aromatic carbocycles. The Balaban J connectivity index is 1.29. The summed E-state index contributed by atoms with van der Waals surface area (Å²) in [5, 5.41) is 0. The van der Waals surface area contributed by atoms with E-state index < -0.39 is 14.6 Å². The predicted octanol–water partition coefficient (Wildman–Crippen LogP) is 2.04. The second-order valence-corrected chi connectivity index (χ2v) is 11.8. The van der Waals surface area contributed by atoms with Crippen LogP contribution in [-0.4, -0.2) is 59.4 Å². The third kappa shape index (κ3) is 3.06. The Bertz CT molecular complexity index is 1050. The summed E-state index contributed by atoms with van der Waals surface area (Å²) in [4.78, 5) is 24.9. The third-order valence-corrected chi connectivity index (χ3v) is 10.3. The molecule has 2 aromatic rings. The highest BCUT2D eigenvalue weighted by atomic mass is 32.2. The fraction of sp³-hybridized carbons (Fsp3) is 0.550. The van der Waals surface area contributed by atoms with Crippen molar-refractivity contribution >= 4 is 27.1 Å². The van der Waals surface area contributed by atoms with E-state index in [9.17, 15) is 13.2 Å². The summed E-state index contributed by atoms with van der Waals surface area (Å²) in [5.74, 6) is -0.0572. The number of carbonyl (C=O) groups excluding carboxylic acids is 1. The molecule has 3 aliphatic rings. The number of ether oxygens (including phenoxy) is 1. The normalized spacial score (nSPS) is 23.8. The van der Waals surface area contributed by atoms with Gasteiger partial charge in [-0.1, -0.05) is 0 Å². The molecule has 1 aliphatic carbocycles. The molecular weight excluding hydrogens is 410 g/mol. The number of sulfone groups is 1. The van der Waals surface area contributed by atoms with E-state index >= 15 is 0 Å². The average Bonchev–Trinajstić information content (AvgIpc) is 3.30. The van der Waals surface area contributed by atoms with Crippen molar-refractivity contribution in [3.05, 3.63) is 39.3 Å². The van der Waals surface area contributed by atoms with Crippen molar-refractivity contribution in [1.82, 2.24) is 14.9 Å². The maximum absolute atomic E-state index is 12.9. The molecule has 5 rings (SSSR count). The smallest absolute Gasteiger partial charge is 0.316 e. The number of carbonyl (C=O) groups is 1. The number of hydrogen-bond donors (Lipinski definition) is 0. The van der Waals surface area contributed by atoms with E-state index in [0.717, 1.165) is 29.8 Å². The topological polar surface area (TPSA) is 89.5 Å². The molecule has 9 heteroatoms. The van der Waals surface area contributed by atoms with E-state index in [1.807, 2.05) is 13.0 Å². The minimum atomic E-state index is -3.27. The van der Waals surface area contributed by atoms with Crippen LogP contribution in [0.15, 0.2) is 18.3 Å². The number of thiophene rings is 1. The molecule has 2 aliphatic heterocycles. The number of likely N-dealkylation sites (tertiary alicyclic amines) is 1. The number of fused-ring (bicyclic) bond motifs is 1. The zero-order valence-corrected chi connectivity index (χ0v) is 17.9. The maximum Gasteiger partial charge on any atom is 0.316 e. The summed E-state index contributed by atoms with van der Waals surface area (Å²) < 4.78 is 30.5. The molecule has 1 amide bonds. The van der Waals surface area contributed by atoms with Crippen LogP contribution in [0.1, 0.15) is 38.6 Å². The summed E-state index contributed by atoms with van der Waals surface area (Å²) in [7, 11) is -3.27. The molecule has 2 fully saturated rings. The van der Waals surface area contributed by atoms with Gasteiger partial charge in [-0.05, 0) is 50.3 Å². The summed E-state index contributed by atoms with van der Waals surface area (Å²) in [5.41, 5.74) is 2.08. The average molecular weight is 434 g/mol. The van der Waals surface area contributed by atoms with Crippen molar-refractivity contribution in [3.63, 3.8) is 0 Å². The standard InChI is InChI=1S/C20H23N3O4S2/c1-13-5-7-21-19(22-13)27-10-15-6-8-29(25,26)20(15)11-23(12-20)18(24)17-9-14-3-2-4-16(14)28-17/h5,7,9,15H,2-4,6,8,10-12H2,1H3/t15-/m0/s1. The quantitative estimate of drug-likeness (QED) is 0.733. The molecule has 0 radical (unpaired) electrons. The van der Waals surface area contributed by atoms with Crippen molar-refractivity contribution in [2.75, 3.05) is 25.4 Å². The van der Waals surface area contributed by atoms with Crippen LogP contribution in [-0.2, 0) is 22.7 Å². The van der Waals surface area contributed by atoms with E-state index in [1.54, 1.807) is 28.5 Å². The van der Waals surface area contributed by atoms with E-state index in [1.165, 1.54) is 10.4 Å². The number of hydrogen-bond acceptors (Lipinski definition) is 7. The maximum atomic E-state index is 12.9. The van der Waals surface area contributed by atoms with Gasteiger partial charge in [0.15, 0.2) is 9.84 Å². The predicted molar refractivity (Wildman–Crippen MR) is 109 cm³/mol. The molecule has 1 atom stereocenters. The van der Waals surface area contributed by atoms with Gasteiger partial charge in [-0.15, -0.1) is 11.3 Å². The van der Waals surface area contributed by atoms with Gasteiger partial charge in [0.1, 0.15) is 4.75 Å². The zero-order chi connectivity index (χ0) is 20.2. The number of aryl methyl sites for hydroxylation is 3. The minimum absolute atomic E-state index is 0.0428. The van der Waals surface area contributed by atoms with Crippen LogP contribution < -0.4 is 4.74 Å². The van der Waals surface area contributed by atoms with Crippen LogP contribution in [0.3, 0.4) is 0 Å². The van der Waals surface area contributed by atoms with E-state index in [0.29, 0.717) is 6.42 Å². The van der Waals surface area contributed by atoms with Crippen molar-refractivity contribution < 1.29 is 17.9 Å². The molecule has 7 nitrogen and oxygen atoms in total. The lowest BCUT2D eigenvalue weighted by molar-refractivity contribution is 0.0408. The number of aromatic nitrogens is 2. The lowest BCUT2D eigenvalue weighted by Crippen LogP contribution is -2.68. The van der Waals surface area contributed by atoms with Gasteiger partial charge >= 0.3 is 6.01 Å². The van der Waals surface area contributed by atoms with Crippen LogP contribution >= 0.6 is 11.3 Å². The van der Waals surface area contributed by atoms with Gasteiger partial charge in [-0.25, -0.2) is 18.4 Å². The Hall–Kier alpha value is -2.00. The number of nitrogens with zero attached hydrogens (tertiary/aromatic N) is 3. The molecule has 4 heterocycles. The first kappa shape index (κ1) is 19.0. The molecule has 2 aromatic heterocycles. The van der Waals surface area contributed by atoms with Crippen LogP contribution in [0.25, 0.3) is 0 Å². The Morgan fingerprint density at radius 1 is 1.38 bits per heavy atom. The number of amides is 1. The molecule has 0 bridgehead atoms. The minimum Gasteiger partial charge on any atom is -0.463 e. The Morgan fingerprint density at radius 3 is 2.97 bits per heavy atom. The highest BCUT2D eigenvalue weighted by Gasteiger charge is 2.62. The monoisotopic (exact) mass is 433 g/mol. The van der Waals surface area contributed by atoms with Gasteiger partial charge < -0.3 is 9.64 Å². The third-order valence-electron chi connectivity index (χ3n) is 6.45. The second kappa shape index (κ2) is 6.77. The highest BCUT2D eigenvalue weighted by molar-refractivity contribution is 7.93. The van der Waals surface area contributed by atoms with Crippen LogP contribution in [0, 0.1) is 12.8 Å². The Morgan fingerprint density at radius 2 is 2.21 bits per heavy atom. The molecule has 0 unspecified atom stereocenters. The molecule has 29 heavy (non-hydrogen) atoms. The lowest BCUT2D eigenvalue weighted by atomic mass is 9.83. The first-order valence-corrected chi connectivity index (χ1v) is 12.4. The molecule has 0 saturated carbocycles. The van der Waals surface area contributed by atoms with Crippen LogP contribution in [0.4, 0.5) is 0 Å². The molecule has 2 saturated heterocycles. The Labute approximate surface area is 174 Å². The highest BCUT2D eigenvalue weighted by Crippen LogP contribution is 2.45. The van der Waals surface area contributed by atoms with Gasteiger partial charge in [-0.3, -0.25) is 4.79 Å². The first-order valence-electron chi connectivity index (χ1n) is 9.94. The second-order valence-electron chi connectivity index (χ2n) is 8.23. The van der Waals surface area contributed by atoms with Crippen LogP contribution in [0.5, 0.6) is 6.01 Å². The van der Waals surface area contributed by atoms with Gasteiger partial charge in [0.25, 0.3) is 5.91 Å². The molecule has 1 spiro atoms. The fourth-order valence-electron chi connectivity index (χ4n) is 4.71. The van der Waals surface area contributed by atoms with Crippen LogP contribution in [0.2, 0.25) is 0 Å². The van der Waals surface area contributed by atoms with E-state index in [4.69, 9.17) is 4.74 Å². The fourth-order valence-corrected chi connectivity index (χ4v) is 8.33. The summed E-state index contributed by atoms with van der Waals surface area (Å²) in [6.45, 7) is 2.60. The SMILES string of the molecule is Cc1ccnc(OC[C@@H]2CCS(=O)(=O)C23CN(C(=O)c2cc4c(s2)CCC4)C3)n1. The van der Waals surface area contributed by atoms with E-state index in [2.05, 4.69) is 9.97 Å². The summed E-state index contributed by atoms with van der Waals surface area (Å²) in [6.07, 6.45) is 5.42. The van der Waals surface area contributed by atoms with Gasteiger partial charge in [-0.2, -0.15) is 0 Å². The molecular formula is C20H23N3O4S2. The summed E-state index contributed by atoms with van der Waals surface area (Å²) in [6, 6.07) is 4.05. The van der Waals surface area contributed by atoms with Crippen molar-refractivity contribution in [2.45, 2.75) is 37.4 Å². The lowest BCUT2D eigenvalue weighted by Gasteiger charge is -2.49. The largest absolute Gasteiger partial charge is 0.463 e. The molecule has 154 valence electrons. The van der Waals surface area contributed by atoms with Crippen molar-refractivity contribution in [1.29, 1.82) is 0 Å². The van der Waals surface area contributed by atoms with Crippen molar-refractivity contribution in [3.8, 4) is 6.01 Å². The number of rotatable bonds is 4. The van der Waals surface area contributed by atoms with Crippen molar-refractivity contribution in [2.24, 2.45) is 5.92 Å².